The van der Waals surface area contributed by atoms with Crippen molar-refractivity contribution in [3.05, 3.63) is 47.2 Å². The van der Waals surface area contributed by atoms with E-state index in [-0.39, 0.29) is 6.10 Å². The Balaban J connectivity index is 1.76. The van der Waals surface area contributed by atoms with Crippen LogP contribution in [0.2, 0.25) is 5.02 Å². The molecule has 5 heteroatoms. The summed E-state index contributed by atoms with van der Waals surface area (Å²) in [4.78, 5) is 0. The fourth-order valence-electron chi connectivity index (χ4n) is 1.97. The zero-order chi connectivity index (χ0) is 15.1. The summed E-state index contributed by atoms with van der Waals surface area (Å²) < 4.78 is 5.79. The van der Waals surface area contributed by atoms with E-state index in [1.807, 2.05) is 36.4 Å². The molecule has 0 bridgehead atoms. The maximum absolute atomic E-state index is 9.11. The van der Waals surface area contributed by atoms with Gasteiger partial charge in [0.25, 0.3) is 0 Å². The van der Waals surface area contributed by atoms with Crippen LogP contribution in [0.3, 0.4) is 0 Å². The fourth-order valence-corrected chi connectivity index (χ4v) is 2.16. The summed E-state index contributed by atoms with van der Waals surface area (Å²) in [5.41, 5.74) is 0.979. The molecule has 0 saturated heterocycles. The van der Waals surface area contributed by atoms with Crippen LogP contribution in [0.4, 0.5) is 0 Å². The monoisotopic (exact) mass is 308 g/mol. The molecule has 2 aromatic rings. The average molecular weight is 309 g/mol. The van der Waals surface area contributed by atoms with E-state index in [2.05, 4.69) is 10.6 Å². The van der Waals surface area contributed by atoms with Crippen molar-refractivity contribution in [3.8, 4) is 11.3 Å². The molecule has 2 rings (SSSR count). The normalized spacial score (nSPS) is 12.5. The Hall–Kier alpha value is -1.33. The van der Waals surface area contributed by atoms with Crippen LogP contribution in [0.25, 0.3) is 11.3 Å². The molecular weight excluding hydrogens is 288 g/mol. The van der Waals surface area contributed by atoms with Gasteiger partial charge in [-0.1, -0.05) is 23.7 Å². The first-order chi connectivity index (χ1) is 10.1. The number of aliphatic hydroxyl groups excluding tert-OH is 1. The predicted molar refractivity (Wildman–Crippen MR) is 85.4 cm³/mol. The highest BCUT2D eigenvalue weighted by Crippen LogP contribution is 2.24. The van der Waals surface area contributed by atoms with Crippen LogP contribution < -0.4 is 10.6 Å². The maximum Gasteiger partial charge on any atom is 0.134 e. The molecule has 0 unspecified atom stereocenters. The number of nitrogens with one attached hydrogen (secondary N) is 2. The first kappa shape index (κ1) is 16.0. The molecule has 1 atom stereocenters. The zero-order valence-corrected chi connectivity index (χ0v) is 12.9. The molecule has 0 radical (unpaired) electrons. The Morgan fingerprint density at radius 2 is 2.00 bits per heavy atom. The number of benzene rings is 1. The SMILES string of the molecule is C[C@H](O)CNCCNCc1ccc(-c2cccc(Cl)c2)o1. The van der Waals surface area contributed by atoms with Crippen LogP contribution in [0.1, 0.15) is 12.7 Å². The van der Waals surface area contributed by atoms with Crippen LogP contribution >= 0.6 is 11.6 Å². The van der Waals surface area contributed by atoms with Crippen LogP contribution in [-0.2, 0) is 6.54 Å². The largest absolute Gasteiger partial charge is 0.460 e. The van der Waals surface area contributed by atoms with E-state index in [9.17, 15) is 0 Å². The Labute approximate surface area is 130 Å². The van der Waals surface area contributed by atoms with Gasteiger partial charge in [0.15, 0.2) is 0 Å². The van der Waals surface area contributed by atoms with Crippen LogP contribution in [0.15, 0.2) is 40.8 Å². The Morgan fingerprint density at radius 1 is 1.19 bits per heavy atom. The molecule has 0 saturated carbocycles. The molecule has 21 heavy (non-hydrogen) atoms. The molecule has 3 N–H and O–H groups in total. The van der Waals surface area contributed by atoms with Crippen molar-refractivity contribution in [1.29, 1.82) is 0 Å². The van der Waals surface area contributed by atoms with E-state index in [1.54, 1.807) is 6.92 Å². The molecule has 1 aromatic carbocycles. The topological polar surface area (TPSA) is 57.4 Å². The molecule has 4 nitrogen and oxygen atoms in total. The highest BCUT2D eigenvalue weighted by atomic mass is 35.5. The van der Waals surface area contributed by atoms with E-state index in [0.717, 1.165) is 30.2 Å². The Bertz CT molecular complexity index is 555. The van der Waals surface area contributed by atoms with E-state index in [4.69, 9.17) is 21.1 Å². The minimum absolute atomic E-state index is 0.310. The summed E-state index contributed by atoms with van der Waals surface area (Å²) in [7, 11) is 0. The second kappa shape index (κ2) is 8.20. The van der Waals surface area contributed by atoms with Crippen molar-refractivity contribution in [2.75, 3.05) is 19.6 Å². The lowest BCUT2D eigenvalue weighted by atomic mass is 10.2. The molecule has 1 heterocycles. The number of rotatable bonds is 8. The summed E-state index contributed by atoms with van der Waals surface area (Å²) >= 11 is 5.98. The fraction of sp³-hybridized carbons (Fsp3) is 0.375. The van der Waals surface area contributed by atoms with E-state index >= 15 is 0 Å². The third-order valence-corrected chi connectivity index (χ3v) is 3.22. The van der Waals surface area contributed by atoms with E-state index in [0.29, 0.717) is 18.1 Å². The van der Waals surface area contributed by atoms with Gasteiger partial charge in [0, 0.05) is 30.2 Å². The second-order valence-corrected chi connectivity index (χ2v) is 5.44. The second-order valence-electron chi connectivity index (χ2n) is 5.01. The van der Waals surface area contributed by atoms with Crippen LogP contribution in [0.5, 0.6) is 0 Å². The van der Waals surface area contributed by atoms with Crippen LogP contribution in [-0.4, -0.2) is 30.8 Å². The van der Waals surface area contributed by atoms with Gasteiger partial charge in [-0.15, -0.1) is 0 Å². The van der Waals surface area contributed by atoms with Gasteiger partial charge in [-0.25, -0.2) is 0 Å². The van der Waals surface area contributed by atoms with Gasteiger partial charge in [-0.05, 0) is 31.2 Å². The Kier molecular flexibility index (Phi) is 6.26. The summed E-state index contributed by atoms with van der Waals surface area (Å²) in [5.74, 6) is 1.71. The molecule has 0 aliphatic rings. The molecule has 0 amide bonds. The first-order valence-corrected chi connectivity index (χ1v) is 7.47. The van der Waals surface area contributed by atoms with Crippen molar-refractivity contribution in [1.82, 2.24) is 10.6 Å². The highest BCUT2D eigenvalue weighted by molar-refractivity contribution is 6.30. The lowest BCUT2D eigenvalue weighted by molar-refractivity contribution is 0.191. The number of halogens is 1. The van der Waals surface area contributed by atoms with Crippen molar-refractivity contribution in [2.24, 2.45) is 0 Å². The van der Waals surface area contributed by atoms with Gasteiger partial charge < -0.3 is 20.2 Å². The number of hydrogen-bond acceptors (Lipinski definition) is 4. The van der Waals surface area contributed by atoms with Gasteiger partial charge in [0.05, 0.1) is 12.6 Å². The van der Waals surface area contributed by atoms with E-state index in [1.165, 1.54) is 0 Å². The average Bonchev–Trinajstić information content (AvgIpc) is 2.91. The molecule has 1 aromatic heterocycles. The third kappa shape index (κ3) is 5.52. The van der Waals surface area contributed by atoms with Gasteiger partial charge in [-0.3, -0.25) is 0 Å². The lowest BCUT2D eigenvalue weighted by Gasteiger charge is -2.07. The van der Waals surface area contributed by atoms with Gasteiger partial charge in [0.1, 0.15) is 11.5 Å². The van der Waals surface area contributed by atoms with Gasteiger partial charge in [-0.2, -0.15) is 0 Å². The zero-order valence-electron chi connectivity index (χ0n) is 12.1. The molecule has 0 aliphatic carbocycles. The number of hydrogen-bond donors (Lipinski definition) is 3. The Morgan fingerprint density at radius 3 is 2.76 bits per heavy atom. The number of aliphatic hydroxyl groups is 1. The highest BCUT2D eigenvalue weighted by Gasteiger charge is 2.05. The first-order valence-electron chi connectivity index (χ1n) is 7.09. The quantitative estimate of drug-likeness (QED) is 0.656. The van der Waals surface area contributed by atoms with Crippen LogP contribution in [0, 0.1) is 0 Å². The van der Waals surface area contributed by atoms with Gasteiger partial charge in [0.2, 0.25) is 0 Å². The minimum Gasteiger partial charge on any atom is -0.460 e. The predicted octanol–water partition coefficient (Wildman–Crippen LogP) is 2.66. The third-order valence-electron chi connectivity index (χ3n) is 2.99. The smallest absolute Gasteiger partial charge is 0.134 e. The minimum atomic E-state index is -0.310. The lowest BCUT2D eigenvalue weighted by Crippen LogP contribution is -2.31. The van der Waals surface area contributed by atoms with Crippen molar-refractivity contribution in [3.63, 3.8) is 0 Å². The summed E-state index contributed by atoms with van der Waals surface area (Å²) in [5, 5.41) is 16.2. The van der Waals surface area contributed by atoms with Gasteiger partial charge >= 0.3 is 0 Å². The molecule has 0 spiro atoms. The standard InChI is InChI=1S/C16H21ClN2O2/c1-12(20)10-18-7-8-19-11-15-5-6-16(21-15)13-3-2-4-14(17)9-13/h2-6,9,12,18-20H,7-8,10-11H2,1H3/t12-/m0/s1. The molecule has 0 aliphatic heterocycles. The van der Waals surface area contributed by atoms with Crippen molar-refractivity contribution >= 4 is 11.6 Å². The summed E-state index contributed by atoms with van der Waals surface area (Å²) in [6.45, 7) is 4.69. The summed E-state index contributed by atoms with van der Waals surface area (Å²) in [6.07, 6.45) is -0.310. The van der Waals surface area contributed by atoms with Crippen molar-refractivity contribution < 1.29 is 9.52 Å². The molecule has 0 fully saturated rings. The molecule has 114 valence electrons. The van der Waals surface area contributed by atoms with E-state index < -0.39 is 0 Å². The number of furan rings is 1. The maximum atomic E-state index is 9.11. The summed E-state index contributed by atoms with van der Waals surface area (Å²) in [6, 6.07) is 11.5. The molecular formula is C16H21ClN2O2. The van der Waals surface area contributed by atoms with Crippen molar-refractivity contribution in [2.45, 2.75) is 19.6 Å².